The number of alkyl halides is 3. The summed E-state index contributed by atoms with van der Waals surface area (Å²) in [4.78, 5) is 26.3. The van der Waals surface area contributed by atoms with Crippen molar-refractivity contribution in [3.63, 3.8) is 0 Å². The lowest BCUT2D eigenvalue weighted by Crippen LogP contribution is -2.38. The number of hydrogen-bond donors (Lipinski definition) is 2. The third kappa shape index (κ3) is 6.32. The van der Waals surface area contributed by atoms with Gasteiger partial charge in [-0.2, -0.15) is 18.3 Å². The summed E-state index contributed by atoms with van der Waals surface area (Å²) in [5, 5.41) is 8.40. The molecule has 1 aromatic heterocycles. The molecule has 9 heteroatoms. The Morgan fingerprint density at radius 3 is 2.42 bits per heavy atom. The van der Waals surface area contributed by atoms with Gasteiger partial charge in [0.25, 0.3) is 5.91 Å². The summed E-state index contributed by atoms with van der Waals surface area (Å²) in [6.45, 7) is 4.03. The Labute approximate surface area is 179 Å². The number of aromatic amines is 1. The fourth-order valence-corrected chi connectivity index (χ4v) is 3.68. The van der Waals surface area contributed by atoms with Gasteiger partial charge in [0.05, 0.1) is 6.42 Å². The smallest absolute Gasteiger partial charge is 0.342 e. The van der Waals surface area contributed by atoms with Crippen molar-refractivity contribution < 1.29 is 22.8 Å². The molecule has 1 aromatic carbocycles. The highest BCUT2D eigenvalue weighted by Crippen LogP contribution is 2.27. The molecule has 1 aliphatic heterocycles. The molecule has 1 saturated heterocycles. The van der Waals surface area contributed by atoms with Crippen LogP contribution in [0.4, 0.5) is 13.2 Å². The normalized spacial score (nSPS) is 15.4. The molecule has 6 nitrogen and oxygen atoms in total. The zero-order valence-electron chi connectivity index (χ0n) is 17.6. The maximum atomic E-state index is 12.6. The minimum absolute atomic E-state index is 0.0670. The van der Waals surface area contributed by atoms with Crippen LogP contribution in [0, 0.1) is 0 Å². The highest BCUT2D eigenvalue weighted by atomic mass is 19.4. The van der Waals surface area contributed by atoms with Gasteiger partial charge in [-0.3, -0.25) is 14.7 Å². The lowest BCUT2D eigenvalue weighted by atomic mass is 9.93. The molecule has 1 fully saturated rings. The zero-order chi connectivity index (χ0) is 22.6. The number of H-pyrrole nitrogens is 1. The number of rotatable bonds is 6. The van der Waals surface area contributed by atoms with Crippen LogP contribution in [0.15, 0.2) is 30.3 Å². The van der Waals surface area contributed by atoms with Crippen molar-refractivity contribution >= 4 is 11.8 Å². The predicted octanol–water partition coefficient (Wildman–Crippen LogP) is 3.77. The van der Waals surface area contributed by atoms with E-state index in [9.17, 15) is 22.8 Å². The van der Waals surface area contributed by atoms with E-state index in [-0.39, 0.29) is 17.5 Å². The van der Waals surface area contributed by atoms with E-state index in [2.05, 4.69) is 36.2 Å². The highest BCUT2D eigenvalue weighted by Gasteiger charge is 2.29. The van der Waals surface area contributed by atoms with Crippen LogP contribution in [0.3, 0.4) is 0 Å². The number of amides is 2. The topological polar surface area (TPSA) is 78.1 Å². The summed E-state index contributed by atoms with van der Waals surface area (Å²) in [6, 6.07) is 9.59. The number of likely N-dealkylation sites (tertiary alicyclic amines) is 1. The molecular formula is C22H27F3N4O2. The van der Waals surface area contributed by atoms with Gasteiger partial charge < -0.3 is 10.2 Å². The molecule has 2 amide bonds. The van der Waals surface area contributed by atoms with Gasteiger partial charge in [0.1, 0.15) is 12.2 Å². The number of hydrogen-bond acceptors (Lipinski definition) is 3. The molecule has 0 bridgehead atoms. The van der Waals surface area contributed by atoms with Gasteiger partial charge in [-0.05, 0) is 36.0 Å². The van der Waals surface area contributed by atoms with E-state index in [1.54, 1.807) is 0 Å². The van der Waals surface area contributed by atoms with Crippen LogP contribution in [-0.2, 0) is 11.2 Å². The largest absolute Gasteiger partial charge is 0.405 e. The molecule has 0 atom stereocenters. The number of nitrogens with zero attached hydrogens (tertiary/aromatic N) is 2. The Hall–Kier alpha value is -2.84. The summed E-state index contributed by atoms with van der Waals surface area (Å²) in [5.74, 6) is -0.267. The molecule has 3 rings (SSSR count). The van der Waals surface area contributed by atoms with Gasteiger partial charge in [0, 0.05) is 24.7 Å². The van der Waals surface area contributed by atoms with Crippen LogP contribution < -0.4 is 5.32 Å². The summed E-state index contributed by atoms with van der Waals surface area (Å²) < 4.78 is 36.7. The molecule has 1 aliphatic rings. The maximum Gasteiger partial charge on any atom is 0.405 e. The van der Waals surface area contributed by atoms with Crippen molar-refractivity contribution in [1.82, 2.24) is 20.4 Å². The van der Waals surface area contributed by atoms with Crippen LogP contribution in [0.5, 0.6) is 0 Å². The fraction of sp³-hybridized carbons (Fsp3) is 0.500. The van der Waals surface area contributed by atoms with Gasteiger partial charge >= 0.3 is 6.18 Å². The molecule has 0 spiro atoms. The average Bonchev–Trinajstić information content (AvgIpc) is 3.22. The molecule has 0 unspecified atom stereocenters. The summed E-state index contributed by atoms with van der Waals surface area (Å²) in [6.07, 6.45) is -2.71. The minimum Gasteiger partial charge on any atom is -0.342 e. The number of carbonyl (C=O) groups excluding carboxylic acids is 2. The van der Waals surface area contributed by atoms with Crippen molar-refractivity contribution in [2.75, 3.05) is 19.6 Å². The van der Waals surface area contributed by atoms with Crippen molar-refractivity contribution in [2.45, 2.75) is 51.1 Å². The number of piperidine rings is 1. The van der Waals surface area contributed by atoms with Gasteiger partial charge in [-0.25, -0.2) is 0 Å². The second-order valence-corrected chi connectivity index (χ2v) is 8.23. The van der Waals surface area contributed by atoms with E-state index in [1.165, 1.54) is 11.6 Å². The van der Waals surface area contributed by atoms with Crippen molar-refractivity contribution in [2.24, 2.45) is 0 Å². The number of benzene rings is 1. The Balaban J connectivity index is 1.49. The number of carbonyl (C=O) groups is 2. The molecule has 2 N–H and O–H groups in total. The Morgan fingerprint density at radius 2 is 1.84 bits per heavy atom. The van der Waals surface area contributed by atoms with Crippen LogP contribution in [0.1, 0.15) is 65.8 Å². The first-order valence-electron chi connectivity index (χ1n) is 10.4. The maximum absolute atomic E-state index is 12.6. The van der Waals surface area contributed by atoms with Crippen LogP contribution in [-0.4, -0.2) is 52.7 Å². The quantitative estimate of drug-likeness (QED) is 0.724. The minimum atomic E-state index is -4.47. The first-order valence-corrected chi connectivity index (χ1v) is 10.4. The molecule has 0 radical (unpaired) electrons. The van der Waals surface area contributed by atoms with E-state index in [0.29, 0.717) is 44.0 Å². The second kappa shape index (κ2) is 9.53. The lowest BCUT2D eigenvalue weighted by molar-refractivity contribution is -0.131. The van der Waals surface area contributed by atoms with E-state index >= 15 is 0 Å². The third-order valence-corrected chi connectivity index (χ3v) is 5.57. The molecule has 31 heavy (non-hydrogen) atoms. The number of halogens is 3. The summed E-state index contributed by atoms with van der Waals surface area (Å²) in [7, 11) is 0. The van der Waals surface area contributed by atoms with Crippen LogP contribution in [0.2, 0.25) is 0 Å². The Kier molecular flexibility index (Phi) is 7.02. The van der Waals surface area contributed by atoms with Gasteiger partial charge in [-0.15, -0.1) is 0 Å². The number of nitrogens with one attached hydrogen (secondary N) is 2. The molecule has 0 saturated carbocycles. The first-order chi connectivity index (χ1) is 14.6. The fourth-order valence-electron chi connectivity index (χ4n) is 3.68. The Bertz CT molecular complexity index is 898. The molecule has 2 aromatic rings. The predicted molar refractivity (Wildman–Crippen MR) is 110 cm³/mol. The highest BCUT2D eigenvalue weighted by molar-refractivity contribution is 5.92. The van der Waals surface area contributed by atoms with Crippen molar-refractivity contribution in [3.05, 3.63) is 52.8 Å². The first kappa shape index (κ1) is 22.8. The standard InChI is InChI=1S/C22H27F3N4O2/c1-14(2)16-5-3-15(4-6-16)11-20(30)29-9-7-17(8-10-29)18-12-19(28-27-18)21(31)26-13-22(23,24)25/h3-6,12,14,17H,7-11,13H2,1-2H3,(H,26,31)(H,27,28). The van der Waals surface area contributed by atoms with Gasteiger partial charge in [0.15, 0.2) is 0 Å². The molecular weight excluding hydrogens is 409 g/mol. The van der Waals surface area contributed by atoms with Gasteiger partial charge in [0.2, 0.25) is 5.91 Å². The lowest BCUT2D eigenvalue weighted by Gasteiger charge is -2.31. The van der Waals surface area contributed by atoms with Crippen molar-refractivity contribution in [3.8, 4) is 0 Å². The van der Waals surface area contributed by atoms with E-state index < -0.39 is 18.6 Å². The van der Waals surface area contributed by atoms with Crippen molar-refractivity contribution in [1.29, 1.82) is 0 Å². The molecule has 168 valence electrons. The van der Waals surface area contributed by atoms with Crippen LogP contribution >= 0.6 is 0 Å². The van der Waals surface area contributed by atoms with Crippen LogP contribution in [0.25, 0.3) is 0 Å². The SMILES string of the molecule is CC(C)c1ccc(CC(=O)N2CCC(c3cc(C(=O)NCC(F)(F)F)n[nH]3)CC2)cc1. The van der Waals surface area contributed by atoms with E-state index in [1.807, 2.05) is 22.3 Å². The Morgan fingerprint density at radius 1 is 1.19 bits per heavy atom. The van der Waals surface area contributed by atoms with E-state index in [4.69, 9.17) is 0 Å². The second-order valence-electron chi connectivity index (χ2n) is 8.23. The van der Waals surface area contributed by atoms with Gasteiger partial charge in [-0.1, -0.05) is 38.1 Å². The summed E-state index contributed by atoms with van der Waals surface area (Å²) >= 11 is 0. The monoisotopic (exact) mass is 436 g/mol. The molecule has 0 aliphatic carbocycles. The number of aromatic nitrogens is 2. The zero-order valence-corrected chi connectivity index (χ0v) is 17.6. The third-order valence-electron chi connectivity index (χ3n) is 5.57. The van der Waals surface area contributed by atoms with E-state index in [0.717, 1.165) is 5.56 Å². The molecule has 2 heterocycles. The average molecular weight is 436 g/mol. The summed E-state index contributed by atoms with van der Waals surface area (Å²) in [5.41, 5.74) is 2.86.